The number of aliphatic hydroxyl groups excluding tert-OH is 1. The molecular weight excluding hydrogens is 140 g/mol. The largest absolute Gasteiger partial charge is 0.393 e. The molecule has 1 saturated heterocycles. The van der Waals surface area contributed by atoms with Crippen LogP contribution in [0, 0.1) is 0 Å². The third-order valence-corrected chi connectivity index (χ3v) is 2.28. The van der Waals surface area contributed by atoms with Gasteiger partial charge in [0.1, 0.15) is 0 Å². The predicted octanol–water partition coefficient (Wildman–Crippen LogP) is 1.71. The SMILES string of the molecule is C[C@@H]1CCC(O)CC[C@H](C)O1. The van der Waals surface area contributed by atoms with E-state index in [9.17, 15) is 5.11 Å². The molecule has 2 heteroatoms. The van der Waals surface area contributed by atoms with Gasteiger partial charge in [-0.2, -0.15) is 0 Å². The highest BCUT2D eigenvalue weighted by molar-refractivity contribution is 4.66. The third kappa shape index (κ3) is 3.21. The summed E-state index contributed by atoms with van der Waals surface area (Å²) < 4.78 is 5.63. The molecule has 1 rings (SSSR count). The maximum Gasteiger partial charge on any atom is 0.0551 e. The molecule has 1 aliphatic rings. The van der Waals surface area contributed by atoms with Crippen molar-refractivity contribution in [3.8, 4) is 0 Å². The number of hydrogen-bond donors (Lipinski definition) is 1. The molecule has 1 aliphatic heterocycles. The van der Waals surface area contributed by atoms with Crippen molar-refractivity contribution >= 4 is 0 Å². The van der Waals surface area contributed by atoms with Gasteiger partial charge in [-0.3, -0.25) is 0 Å². The molecule has 0 bridgehead atoms. The van der Waals surface area contributed by atoms with Gasteiger partial charge in [-0.1, -0.05) is 0 Å². The quantitative estimate of drug-likeness (QED) is 0.581. The van der Waals surface area contributed by atoms with Crippen LogP contribution < -0.4 is 0 Å². The van der Waals surface area contributed by atoms with Crippen molar-refractivity contribution in [3.05, 3.63) is 0 Å². The summed E-state index contributed by atoms with van der Waals surface area (Å²) >= 11 is 0. The van der Waals surface area contributed by atoms with Gasteiger partial charge in [0.05, 0.1) is 18.3 Å². The fourth-order valence-electron chi connectivity index (χ4n) is 1.53. The fourth-order valence-corrected chi connectivity index (χ4v) is 1.53. The standard InChI is InChI=1S/C9H18O2/c1-7-3-5-9(10)6-4-8(2)11-7/h7-10H,3-6H2,1-2H3/t7-,8+,9?. The predicted molar refractivity (Wildman–Crippen MR) is 44.5 cm³/mol. The first-order valence-electron chi connectivity index (χ1n) is 4.52. The van der Waals surface area contributed by atoms with Crippen molar-refractivity contribution in [2.75, 3.05) is 0 Å². The zero-order chi connectivity index (χ0) is 8.27. The molecule has 0 radical (unpaired) electrons. The molecule has 0 aliphatic carbocycles. The molecule has 3 atom stereocenters. The van der Waals surface area contributed by atoms with Gasteiger partial charge in [0.15, 0.2) is 0 Å². The smallest absolute Gasteiger partial charge is 0.0551 e. The minimum absolute atomic E-state index is 0.0937. The summed E-state index contributed by atoms with van der Waals surface area (Å²) in [7, 11) is 0. The summed E-state index contributed by atoms with van der Waals surface area (Å²) in [5, 5.41) is 9.39. The average molecular weight is 158 g/mol. The summed E-state index contributed by atoms with van der Waals surface area (Å²) in [6, 6.07) is 0. The van der Waals surface area contributed by atoms with E-state index in [0.29, 0.717) is 12.2 Å². The van der Waals surface area contributed by atoms with Gasteiger partial charge in [-0.25, -0.2) is 0 Å². The topological polar surface area (TPSA) is 29.5 Å². The fraction of sp³-hybridized carbons (Fsp3) is 1.00. The Kier molecular flexibility index (Phi) is 3.34. The minimum atomic E-state index is -0.0937. The van der Waals surface area contributed by atoms with Gasteiger partial charge >= 0.3 is 0 Å². The molecule has 11 heavy (non-hydrogen) atoms. The maximum absolute atomic E-state index is 9.39. The maximum atomic E-state index is 9.39. The van der Waals surface area contributed by atoms with Crippen molar-refractivity contribution < 1.29 is 9.84 Å². The first-order valence-corrected chi connectivity index (χ1v) is 4.52. The number of rotatable bonds is 0. The Labute approximate surface area is 68.6 Å². The average Bonchev–Trinajstić information content (AvgIpc) is 1.95. The first-order chi connectivity index (χ1) is 5.18. The van der Waals surface area contributed by atoms with E-state index < -0.39 is 0 Å². The van der Waals surface area contributed by atoms with Crippen LogP contribution in [0.5, 0.6) is 0 Å². The van der Waals surface area contributed by atoms with Crippen LogP contribution in [0.15, 0.2) is 0 Å². The zero-order valence-electron chi connectivity index (χ0n) is 7.42. The second kappa shape index (κ2) is 4.07. The lowest BCUT2D eigenvalue weighted by atomic mass is 10.0. The Bertz CT molecular complexity index is 102. The highest BCUT2D eigenvalue weighted by Crippen LogP contribution is 2.17. The van der Waals surface area contributed by atoms with Gasteiger partial charge in [0.25, 0.3) is 0 Å². The molecule has 0 aromatic heterocycles. The van der Waals surface area contributed by atoms with Crippen molar-refractivity contribution in [2.45, 2.75) is 57.8 Å². The van der Waals surface area contributed by atoms with Crippen LogP contribution in [0.4, 0.5) is 0 Å². The molecule has 0 spiro atoms. The molecule has 0 aromatic carbocycles. The van der Waals surface area contributed by atoms with E-state index in [1.165, 1.54) is 0 Å². The second-order valence-corrected chi connectivity index (χ2v) is 3.57. The van der Waals surface area contributed by atoms with Crippen LogP contribution >= 0.6 is 0 Å². The number of ether oxygens (including phenoxy) is 1. The van der Waals surface area contributed by atoms with Crippen LogP contribution in [0.25, 0.3) is 0 Å². The van der Waals surface area contributed by atoms with Crippen LogP contribution in [0.3, 0.4) is 0 Å². The molecule has 1 N–H and O–H groups in total. The van der Waals surface area contributed by atoms with E-state index in [1.54, 1.807) is 0 Å². The zero-order valence-corrected chi connectivity index (χ0v) is 7.42. The van der Waals surface area contributed by atoms with E-state index in [-0.39, 0.29) is 6.10 Å². The van der Waals surface area contributed by atoms with E-state index >= 15 is 0 Å². The molecule has 1 unspecified atom stereocenters. The summed E-state index contributed by atoms with van der Waals surface area (Å²) in [5.74, 6) is 0. The lowest BCUT2D eigenvalue weighted by Crippen LogP contribution is -2.24. The lowest BCUT2D eigenvalue weighted by molar-refractivity contribution is -0.0289. The van der Waals surface area contributed by atoms with Gasteiger partial charge in [0, 0.05) is 0 Å². The molecule has 2 nitrogen and oxygen atoms in total. The summed E-state index contributed by atoms with van der Waals surface area (Å²) in [5.41, 5.74) is 0. The normalized spacial score (nSPS) is 41.2. The Hall–Kier alpha value is -0.0800. The molecule has 1 heterocycles. The number of hydrogen-bond acceptors (Lipinski definition) is 2. The van der Waals surface area contributed by atoms with Crippen LogP contribution in [-0.2, 0) is 4.74 Å². The molecule has 1 fully saturated rings. The van der Waals surface area contributed by atoms with Gasteiger partial charge in [-0.05, 0) is 39.5 Å². The van der Waals surface area contributed by atoms with Crippen molar-refractivity contribution in [1.29, 1.82) is 0 Å². The summed E-state index contributed by atoms with van der Waals surface area (Å²) in [6.07, 6.45) is 4.32. The molecule has 0 amide bonds. The summed E-state index contributed by atoms with van der Waals surface area (Å²) in [4.78, 5) is 0. The van der Waals surface area contributed by atoms with Crippen LogP contribution in [-0.4, -0.2) is 23.4 Å². The first kappa shape index (κ1) is 9.01. The van der Waals surface area contributed by atoms with Crippen LogP contribution in [0.2, 0.25) is 0 Å². The van der Waals surface area contributed by atoms with Gasteiger partial charge in [0.2, 0.25) is 0 Å². The Morgan fingerprint density at radius 1 is 1.00 bits per heavy atom. The molecule has 0 saturated carbocycles. The van der Waals surface area contributed by atoms with Gasteiger partial charge in [-0.15, -0.1) is 0 Å². The highest BCUT2D eigenvalue weighted by atomic mass is 16.5. The highest BCUT2D eigenvalue weighted by Gasteiger charge is 2.16. The Morgan fingerprint density at radius 3 is 1.91 bits per heavy atom. The van der Waals surface area contributed by atoms with E-state index in [0.717, 1.165) is 25.7 Å². The Morgan fingerprint density at radius 2 is 1.45 bits per heavy atom. The second-order valence-electron chi connectivity index (χ2n) is 3.57. The minimum Gasteiger partial charge on any atom is -0.393 e. The van der Waals surface area contributed by atoms with E-state index in [1.807, 2.05) is 0 Å². The van der Waals surface area contributed by atoms with Crippen molar-refractivity contribution in [2.24, 2.45) is 0 Å². The molecular formula is C9H18O2. The van der Waals surface area contributed by atoms with Crippen LogP contribution in [0.1, 0.15) is 39.5 Å². The third-order valence-electron chi connectivity index (χ3n) is 2.28. The molecule has 0 aromatic rings. The van der Waals surface area contributed by atoms with Crippen molar-refractivity contribution in [3.63, 3.8) is 0 Å². The van der Waals surface area contributed by atoms with Gasteiger partial charge < -0.3 is 9.84 Å². The van der Waals surface area contributed by atoms with E-state index in [2.05, 4.69) is 13.8 Å². The molecule has 66 valence electrons. The lowest BCUT2D eigenvalue weighted by Gasteiger charge is -2.24. The Balaban J connectivity index is 2.34. The van der Waals surface area contributed by atoms with E-state index in [4.69, 9.17) is 4.74 Å². The monoisotopic (exact) mass is 158 g/mol. The summed E-state index contributed by atoms with van der Waals surface area (Å²) in [6.45, 7) is 4.16. The number of aliphatic hydroxyl groups is 1. The van der Waals surface area contributed by atoms with Crippen molar-refractivity contribution in [1.82, 2.24) is 0 Å².